The SMILES string of the molecule is Cc1ccsc1CN(Cc1ccc(F)cc1)C(=O)CN(CC(C)C)C(=O)C(Cl)Cl. The van der Waals surface area contributed by atoms with Crippen molar-refractivity contribution in [3.05, 3.63) is 57.5 Å². The third-order valence-corrected chi connectivity index (χ3v) is 5.73. The molecule has 0 spiro atoms. The van der Waals surface area contributed by atoms with Crippen LogP contribution in [-0.2, 0) is 22.7 Å². The Hall–Kier alpha value is -1.63. The fourth-order valence-electron chi connectivity index (χ4n) is 2.86. The lowest BCUT2D eigenvalue weighted by atomic mass is 10.2. The van der Waals surface area contributed by atoms with Crippen molar-refractivity contribution >= 4 is 46.4 Å². The highest BCUT2D eigenvalue weighted by Crippen LogP contribution is 2.20. The van der Waals surface area contributed by atoms with Crippen molar-refractivity contribution in [2.45, 2.75) is 38.7 Å². The molecule has 0 aliphatic heterocycles. The molecular weight excluding hydrogens is 434 g/mol. The Morgan fingerprint density at radius 2 is 1.72 bits per heavy atom. The fourth-order valence-corrected chi connectivity index (χ4v) is 4.05. The molecule has 2 aromatic rings. The monoisotopic (exact) mass is 458 g/mol. The second kappa shape index (κ2) is 11.0. The zero-order chi connectivity index (χ0) is 21.6. The standard InChI is InChI=1S/C21H25Cl2FN2O2S/c1-14(2)10-26(21(28)20(22)23)13-19(27)25(12-18-15(3)8-9-29-18)11-16-4-6-17(24)7-5-16/h4-9,14,20H,10-13H2,1-3H3. The van der Waals surface area contributed by atoms with Gasteiger partial charge in [0.2, 0.25) is 5.91 Å². The molecule has 4 nitrogen and oxygen atoms in total. The topological polar surface area (TPSA) is 40.6 Å². The molecule has 158 valence electrons. The summed E-state index contributed by atoms with van der Waals surface area (Å²) in [5.74, 6) is -0.872. The number of alkyl halides is 2. The van der Waals surface area contributed by atoms with E-state index >= 15 is 0 Å². The van der Waals surface area contributed by atoms with Crippen LogP contribution in [0.5, 0.6) is 0 Å². The van der Waals surface area contributed by atoms with Gasteiger partial charge in [-0.1, -0.05) is 49.2 Å². The van der Waals surface area contributed by atoms with Crippen LogP contribution in [0.25, 0.3) is 0 Å². The molecule has 0 radical (unpaired) electrons. The average Bonchev–Trinajstić information content (AvgIpc) is 3.05. The van der Waals surface area contributed by atoms with Crippen LogP contribution in [0.2, 0.25) is 0 Å². The highest BCUT2D eigenvalue weighted by molar-refractivity contribution is 7.10. The minimum Gasteiger partial charge on any atom is -0.332 e. The second-order valence-corrected chi connectivity index (χ2v) is 9.41. The number of hydrogen-bond acceptors (Lipinski definition) is 3. The molecule has 0 unspecified atom stereocenters. The molecule has 0 aliphatic carbocycles. The Labute approximate surface area is 185 Å². The summed E-state index contributed by atoms with van der Waals surface area (Å²) in [7, 11) is 0. The minimum atomic E-state index is -1.22. The number of thiophene rings is 1. The Kier molecular flexibility index (Phi) is 8.93. The predicted molar refractivity (Wildman–Crippen MR) is 117 cm³/mol. The number of aryl methyl sites for hydroxylation is 1. The Morgan fingerprint density at radius 3 is 2.24 bits per heavy atom. The van der Waals surface area contributed by atoms with Crippen LogP contribution < -0.4 is 0 Å². The first-order valence-electron chi connectivity index (χ1n) is 9.29. The van der Waals surface area contributed by atoms with E-state index in [4.69, 9.17) is 23.2 Å². The van der Waals surface area contributed by atoms with Gasteiger partial charge >= 0.3 is 0 Å². The predicted octanol–water partition coefficient (Wildman–Crippen LogP) is 5.01. The van der Waals surface area contributed by atoms with Gasteiger partial charge in [-0.25, -0.2) is 4.39 Å². The van der Waals surface area contributed by atoms with Crippen LogP contribution in [0.15, 0.2) is 35.7 Å². The molecule has 0 saturated carbocycles. The van der Waals surface area contributed by atoms with Crippen LogP contribution in [0, 0.1) is 18.7 Å². The van der Waals surface area contributed by atoms with E-state index < -0.39 is 10.7 Å². The summed E-state index contributed by atoms with van der Waals surface area (Å²) >= 11 is 13.1. The van der Waals surface area contributed by atoms with Gasteiger partial charge in [-0.2, -0.15) is 0 Å². The fraction of sp³-hybridized carbons (Fsp3) is 0.429. The highest BCUT2D eigenvalue weighted by Gasteiger charge is 2.26. The van der Waals surface area contributed by atoms with Crippen molar-refractivity contribution in [2.24, 2.45) is 5.92 Å². The summed E-state index contributed by atoms with van der Waals surface area (Å²) in [6.45, 7) is 6.88. The first-order valence-corrected chi connectivity index (χ1v) is 11.0. The molecule has 29 heavy (non-hydrogen) atoms. The van der Waals surface area contributed by atoms with Crippen molar-refractivity contribution in [2.75, 3.05) is 13.1 Å². The van der Waals surface area contributed by atoms with E-state index in [0.29, 0.717) is 19.6 Å². The Bertz CT molecular complexity index is 824. The van der Waals surface area contributed by atoms with Gasteiger partial charge in [0.25, 0.3) is 5.91 Å². The van der Waals surface area contributed by atoms with E-state index in [2.05, 4.69) is 0 Å². The lowest BCUT2D eigenvalue weighted by molar-refractivity contribution is -0.140. The largest absolute Gasteiger partial charge is 0.332 e. The number of rotatable bonds is 9. The van der Waals surface area contributed by atoms with Gasteiger partial charge in [0.15, 0.2) is 4.84 Å². The molecule has 2 amide bonds. The van der Waals surface area contributed by atoms with Crippen LogP contribution in [0.1, 0.15) is 29.9 Å². The second-order valence-electron chi connectivity index (χ2n) is 7.32. The third-order valence-electron chi connectivity index (χ3n) is 4.35. The highest BCUT2D eigenvalue weighted by atomic mass is 35.5. The van der Waals surface area contributed by atoms with Gasteiger partial charge in [-0.05, 0) is 47.5 Å². The third kappa shape index (κ3) is 7.28. The summed E-state index contributed by atoms with van der Waals surface area (Å²) in [4.78, 5) is 28.4. The molecule has 0 aliphatic rings. The number of carbonyl (C=O) groups is 2. The molecule has 0 saturated heterocycles. The molecule has 1 aromatic heterocycles. The van der Waals surface area contributed by atoms with Crippen molar-refractivity contribution in [3.63, 3.8) is 0 Å². The van der Waals surface area contributed by atoms with E-state index in [1.54, 1.807) is 28.4 Å². The number of carbonyl (C=O) groups excluding carboxylic acids is 2. The first kappa shape index (κ1) is 23.6. The van der Waals surface area contributed by atoms with E-state index in [-0.39, 0.29) is 24.2 Å². The Morgan fingerprint density at radius 1 is 1.07 bits per heavy atom. The molecular formula is C21H25Cl2FN2O2S. The van der Waals surface area contributed by atoms with E-state index in [0.717, 1.165) is 16.0 Å². The molecule has 0 N–H and O–H groups in total. The van der Waals surface area contributed by atoms with E-state index in [1.807, 2.05) is 32.2 Å². The number of benzene rings is 1. The van der Waals surface area contributed by atoms with Gasteiger partial charge in [0, 0.05) is 18.0 Å². The molecule has 1 heterocycles. The summed E-state index contributed by atoms with van der Waals surface area (Å²) in [5, 5.41) is 1.98. The number of halogens is 3. The molecule has 2 rings (SSSR count). The van der Waals surface area contributed by atoms with E-state index in [9.17, 15) is 14.0 Å². The molecule has 0 bridgehead atoms. The van der Waals surface area contributed by atoms with Gasteiger partial charge in [0.05, 0.1) is 13.1 Å². The van der Waals surface area contributed by atoms with Crippen LogP contribution in [0.4, 0.5) is 4.39 Å². The first-order chi connectivity index (χ1) is 13.7. The van der Waals surface area contributed by atoms with Crippen LogP contribution in [0.3, 0.4) is 0 Å². The number of hydrogen-bond donors (Lipinski definition) is 0. The van der Waals surface area contributed by atoms with Crippen molar-refractivity contribution in [1.82, 2.24) is 9.80 Å². The summed E-state index contributed by atoms with van der Waals surface area (Å²) in [5.41, 5.74) is 1.91. The van der Waals surface area contributed by atoms with Crippen LogP contribution >= 0.6 is 34.5 Å². The molecule has 0 fully saturated rings. The van der Waals surface area contributed by atoms with Crippen molar-refractivity contribution in [3.8, 4) is 0 Å². The smallest absolute Gasteiger partial charge is 0.256 e. The van der Waals surface area contributed by atoms with Gasteiger partial charge < -0.3 is 9.80 Å². The van der Waals surface area contributed by atoms with Gasteiger partial charge in [-0.15, -0.1) is 11.3 Å². The lowest BCUT2D eigenvalue weighted by Crippen LogP contribution is -2.45. The normalized spacial score (nSPS) is 11.2. The Balaban J connectivity index is 2.22. The summed E-state index contributed by atoms with van der Waals surface area (Å²) in [6, 6.07) is 8.05. The molecule has 1 aromatic carbocycles. The number of amides is 2. The van der Waals surface area contributed by atoms with Gasteiger partial charge in [-0.3, -0.25) is 9.59 Å². The summed E-state index contributed by atoms with van der Waals surface area (Å²) in [6.07, 6.45) is 0. The summed E-state index contributed by atoms with van der Waals surface area (Å²) < 4.78 is 13.3. The average molecular weight is 459 g/mol. The van der Waals surface area contributed by atoms with E-state index in [1.165, 1.54) is 17.0 Å². The minimum absolute atomic E-state index is 0.113. The molecule has 0 atom stereocenters. The van der Waals surface area contributed by atoms with Crippen molar-refractivity contribution < 1.29 is 14.0 Å². The zero-order valence-corrected chi connectivity index (χ0v) is 19.0. The van der Waals surface area contributed by atoms with Crippen LogP contribution in [-0.4, -0.2) is 39.5 Å². The molecule has 8 heteroatoms. The lowest BCUT2D eigenvalue weighted by Gasteiger charge is -2.29. The maximum Gasteiger partial charge on any atom is 0.256 e. The van der Waals surface area contributed by atoms with Gasteiger partial charge in [0.1, 0.15) is 5.82 Å². The van der Waals surface area contributed by atoms with Crippen molar-refractivity contribution in [1.29, 1.82) is 0 Å². The number of nitrogens with zero attached hydrogens (tertiary/aromatic N) is 2. The maximum absolute atomic E-state index is 13.3. The zero-order valence-electron chi connectivity index (χ0n) is 16.7. The quantitative estimate of drug-likeness (QED) is 0.495. The maximum atomic E-state index is 13.3.